The van der Waals surface area contributed by atoms with Crippen molar-refractivity contribution in [2.24, 2.45) is 4.99 Å². The largest absolute Gasteiger partial charge is 0.357 e. The minimum atomic E-state index is 0.598. The molecular formula is C16H21N5. The Morgan fingerprint density at radius 2 is 2.24 bits per heavy atom. The van der Waals surface area contributed by atoms with Gasteiger partial charge in [-0.05, 0) is 18.6 Å². The number of nitrogens with one attached hydrogen (secondary N) is 2. The monoisotopic (exact) mass is 283 g/mol. The molecule has 2 aromatic rings. The fourth-order valence-corrected chi connectivity index (χ4v) is 1.97. The molecule has 0 radical (unpaired) electrons. The van der Waals surface area contributed by atoms with Crippen molar-refractivity contribution in [2.45, 2.75) is 13.5 Å². The number of aliphatic imine (C=N–C) groups is 1. The fraction of sp³-hybridized carbons (Fsp3) is 0.250. The molecule has 1 aromatic heterocycles. The highest BCUT2D eigenvalue weighted by atomic mass is 15.2. The van der Waals surface area contributed by atoms with Gasteiger partial charge in [0.15, 0.2) is 5.96 Å². The van der Waals surface area contributed by atoms with Gasteiger partial charge in [-0.2, -0.15) is 0 Å². The molecule has 0 unspecified atom stereocenters. The van der Waals surface area contributed by atoms with Crippen LogP contribution in [0.25, 0.3) is 5.69 Å². The minimum Gasteiger partial charge on any atom is -0.357 e. The molecule has 1 aromatic carbocycles. The molecule has 2 N–H and O–H groups in total. The Hall–Kier alpha value is -2.56. The third kappa shape index (κ3) is 4.21. The summed E-state index contributed by atoms with van der Waals surface area (Å²) in [6, 6.07) is 8.19. The van der Waals surface area contributed by atoms with Gasteiger partial charge in [-0.3, -0.25) is 0 Å². The van der Waals surface area contributed by atoms with E-state index in [2.05, 4.69) is 39.3 Å². The zero-order valence-electron chi connectivity index (χ0n) is 12.3. The van der Waals surface area contributed by atoms with E-state index in [4.69, 9.17) is 0 Å². The normalized spacial score (nSPS) is 11.2. The van der Waals surface area contributed by atoms with Gasteiger partial charge in [0.2, 0.25) is 0 Å². The second-order valence-electron chi connectivity index (χ2n) is 4.46. The van der Waals surface area contributed by atoms with Crippen molar-refractivity contribution in [3.63, 3.8) is 0 Å². The van der Waals surface area contributed by atoms with Crippen LogP contribution >= 0.6 is 0 Å². The first-order chi connectivity index (χ1) is 10.3. The van der Waals surface area contributed by atoms with E-state index in [9.17, 15) is 0 Å². The fourth-order valence-electron chi connectivity index (χ4n) is 1.97. The molecule has 110 valence electrons. The number of nitrogens with zero attached hydrogens (tertiary/aromatic N) is 3. The van der Waals surface area contributed by atoms with Crippen molar-refractivity contribution in [3.05, 3.63) is 61.2 Å². The van der Waals surface area contributed by atoms with E-state index in [1.807, 2.05) is 35.9 Å². The van der Waals surface area contributed by atoms with E-state index in [0.717, 1.165) is 23.8 Å². The molecule has 0 aliphatic rings. The molecular weight excluding hydrogens is 262 g/mol. The topological polar surface area (TPSA) is 54.2 Å². The summed E-state index contributed by atoms with van der Waals surface area (Å²) in [5.41, 5.74) is 2.24. The number of rotatable bonds is 6. The Bertz CT molecular complexity index is 586. The quantitative estimate of drug-likeness (QED) is 0.485. The van der Waals surface area contributed by atoms with Crippen LogP contribution in [0.3, 0.4) is 0 Å². The maximum Gasteiger partial charge on any atom is 0.191 e. The maximum atomic E-state index is 4.60. The zero-order chi connectivity index (χ0) is 14.9. The molecule has 0 spiro atoms. The summed E-state index contributed by atoms with van der Waals surface area (Å²) in [4.78, 5) is 8.70. The van der Waals surface area contributed by atoms with Gasteiger partial charge in [-0.25, -0.2) is 9.98 Å². The van der Waals surface area contributed by atoms with Gasteiger partial charge in [0, 0.05) is 25.5 Å². The van der Waals surface area contributed by atoms with Crippen LogP contribution in [0, 0.1) is 0 Å². The van der Waals surface area contributed by atoms with Crippen molar-refractivity contribution in [1.82, 2.24) is 20.2 Å². The molecule has 1 heterocycles. The summed E-state index contributed by atoms with van der Waals surface area (Å²) in [6.07, 6.45) is 7.31. The van der Waals surface area contributed by atoms with Crippen molar-refractivity contribution < 1.29 is 0 Å². The third-order valence-corrected chi connectivity index (χ3v) is 2.94. The Labute approximate surface area is 125 Å². The molecule has 0 aliphatic heterocycles. The Balaban J connectivity index is 2.16. The number of para-hydroxylation sites is 1. The summed E-state index contributed by atoms with van der Waals surface area (Å²) < 4.78 is 1.99. The van der Waals surface area contributed by atoms with Crippen LogP contribution in [0.4, 0.5) is 0 Å². The average Bonchev–Trinajstić information content (AvgIpc) is 3.04. The van der Waals surface area contributed by atoms with Crippen molar-refractivity contribution >= 4 is 5.96 Å². The summed E-state index contributed by atoms with van der Waals surface area (Å²) >= 11 is 0. The van der Waals surface area contributed by atoms with Crippen molar-refractivity contribution in [3.8, 4) is 5.69 Å². The van der Waals surface area contributed by atoms with E-state index in [1.165, 1.54) is 0 Å². The van der Waals surface area contributed by atoms with Gasteiger partial charge in [0.05, 0.1) is 18.6 Å². The molecule has 2 rings (SSSR count). The van der Waals surface area contributed by atoms with Gasteiger partial charge >= 0.3 is 0 Å². The first-order valence-corrected chi connectivity index (χ1v) is 7.04. The molecule has 0 saturated carbocycles. The van der Waals surface area contributed by atoms with Crippen LogP contribution in [0.1, 0.15) is 12.5 Å². The lowest BCUT2D eigenvalue weighted by atomic mass is 10.2. The van der Waals surface area contributed by atoms with Crippen LogP contribution in [-0.4, -0.2) is 28.6 Å². The van der Waals surface area contributed by atoms with Crippen molar-refractivity contribution in [2.75, 3.05) is 13.1 Å². The van der Waals surface area contributed by atoms with E-state index in [0.29, 0.717) is 13.1 Å². The first kappa shape index (κ1) is 14.8. The van der Waals surface area contributed by atoms with Gasteiger partial charge in [-0.1, -0.05) is 24.3 Å². The highest BCUT2D eigenvalue weighted by molar-refractivity contribution is 5.79. The Morgan fingerprint density at radius 3 is 2.95 bits per heavy atom. The lowest BCUT2D eigenvalue weighted by Crippen LogP contribution is -2.37. The molecule has 0 atom stereocenters. The van der Waals surface area contributed by atoms with Crippen LogP contribution in [0.2, 0.25) is 0 Å². The molecule has 5 heteroatoms. The van der Waals surface area contributed by atoms with E-state index in [1.54, 1.807) is 12.5 Å². The zero-order valence-corrected chi connectivity index (χ0v) is 12.3. The molecule has 0 aliphatic carbocycles. The Morgan fingerprint density at radius 1 is 1.38 bits per heavy atom. The predicted molar refractivity (Wildman–Crippen MR) is 86.6 cm³/mol. The molecule has 0 fully saturated rings. The highest BCUT2D eigenvalue weighted by Crippen LogP contribution is 2.14. The van der Waals surface area contributed by atoms with Crippen molar-refractivity contribution in [1.29, 1.82) is 0 Å². The number of guanidine groups is 1. The number of hydrogen-bond acceptors (Lipinski definition) is 2. The van der Waals surface area contributed by atoms with Gasteiger partial charge < -0.3 is 15.2 Å². The summed E-state index contributed by atoms with van der Waals surface area (Å²) in [5.74, 6) is 0.790. The highest BCUT2D eigenvalue weighted by Gasteiger charge is 2.03. The van der Waals surface area contributed by atoms with Crippen LogP contribution in [0.5, 0.6) is 0 Å². The lowest BCUT2D eigenvalue weighted by Gasteiger charge is -2.11. The lowest BCUT2D eigenvalue weighted by molar-refractivity contribution is 0.857. The third-order valence-electron chi connectivity index (χ3n) is 2.94. The van der Waals surface area contributed by atoms with E-state index < -0.39 is 0 Å². The number of imidazole rings is 1. The molecule has 0 amide bonds. The number of aromatic nitrogens is 2. The average molecular weight is 283 g/mol. The molecule has 5 nitrogen and oxygen atoms in total. The smallest absolute Gasteiger partial charge is 0.191 e. The SMILES string of the molecule is C=CCNC(=NCc1ccccc1-n1ccnc1)NCC. The van der Waals surface area contributed by atoms with Crippen LogP contribution < -0.4 is 10.6 Å². The predicted octanol–water partition coefficient (Wildman–Crippen LogP) is 2.11. The van der Waals surface area contributed by atoms with E-state index in [-0.39, 0.29) is 0 Å². The summed E-state index contributed by atoms with van der Waals surface area (Å²) in [7, 11) is 0. The van der Waals surface area contributed by atoms with Gasteiger partial charge in [0.1, 0.15) is 0 Å². The number of benzene rings is 1. The first-order valence-electron chi connectivity index (χ1n) is 7.04. The van der Waals surface area contributed by atoms with E-state index >= 15 is 0 Å². The summed E-state index contributed by atoms with van der Waals surface area (Å²) in [5, 5.41) is 6.41. The van der Waals surface area contributed by atoms with Crippen LogP contribution in [0.15, 0.2) is 60.6 Å². The second-order valence-corrected chi connectivity index (χ2v) is 4.46. The summed E-state index contributed by atoms with van der Waals surface area (Å²) in [6.45, 7) is 7.86. The minimum absolute atomic E-state index is 0.598. The molecule has 21 heavy (non-hydrogen) atoms. The molecule has 0 bridgehead atoms. The van der Waals surface area contributed by atoms with Gasteiger partial charge in [0.25, 0.3) is 0 Å². The standard InChI is InChI=1S/C16H21N5/c1-3-9-19-16(18-4-2)20-12-14-7-5-6-8-15(14)21-11-10-17-13-21/h3,5-8,10-11,13H,1,4,9,12H2,2H3,(H2,18,19,20). The van der Waals surface area contributed by atoms with Crippen LogP contribution in [-0.2, 0) is 6.54 Å². The Kier molecular flexibility index (Phi) is 5.58. The number of hydrogen-bond donors (Lipinski definition) is 2. The maximum absolute atomic E-state index is 4.60. The second kappa shape index (κ2) is 7.89. The van der Waals surface area contributed by atoms with Gasteiger partial charge in [-0.15, -0.1) is 6.58 Å². The molecule has 0 saturated heterocycles.